The fraction of sp³-hybridized carbons (Fsp3) is 0.0476. The minimum atomic E-state index is -0.695. The maximum atomic E-state index is 12.6. The van der Waals surface area contributed by atoms with Gasteiger partial charge in [-0.1, -0.05) is 23.7 Å². The van der Waals surface area contributed by atoms with Crippen LogP contribution in [0.25, 0.3) is 10.9 Å². The summed E-state index contributed by atoms with van der Waals surface area (Å²) in [6.45, 7) is -0.267. The first-order valence-electron chi connectivity index (χ1n) is 8.81. The lowest BCUT2D eigenvalue weighted by Crippen LogP contribution is -2.17. The van der Waals surface area contributed by atoms with Crippen LogP contribution in [0.15, 0.2) is 70.1 Å². The average Bonchev–Trinajstić information content (AvgIpc) is 3.27. The lowest BCUT2D eigenvalue weighted by molar-refractivity contribution is 0.0463. The van der Waals surface area contributed by atoms with Crippen molar-refractivity contribution >= 4 is 40.1 Å². The minimum absolute atomic E-state index is 0.106. The van der Waals surface area contributed by atoms with Crippen LogP contribution in [0.5, 0.6) is 0 Å². The maximum absolute atomic E-state index is 12.6. The van der Waals surface area contributed by atoms with E-state index in [1.165, 1.54) is 18.4 Å². The van der Waals surface area contributed by atoms with Crippen molar-refractivity contribution in [3.05, 3.63) is 93.4 Å². The minimum Gasteiger partial charge on any atom is -0.459 e. The van der Waals surface area contributed by atoms with Gasteiger partial charge in [-0.25, -0.2) is 9.78 Å². The third kappa shape index (κ3) is 4.08. The van der Waals surface area contributed by atoms with Gasteiger partial charge in [-0.3, -0.25) is 9.59 Å². The first-order chi connectivity index (χ1) is 14.5. The number of nitrogens with zero attached hydrogens (tertiary/aromatic N) is 1. The number of rotatable bonds is 5. The van der Waals surface area contributed by atoms with E-state index < -0.39 is 11.9 Å². The second-order valence-electron chi connectivity index (χ2n) is 6.23. The fourth-order valence-electron chi connectivity index (χ4n) is 2.80. The van der Waals surface area contributed by atoms with E-state index in [4.69, 9.17) is 20.8 Å². The van der Waals surface area contributed by atoms with E-state index in [9.17, 15) is 14.4 Å². The van der Waals surface area contributed by atoms with Crippen molar-refractivity contribution in [3.8, 4) is 0 Å². The van der Waals surface area contributed by atoms with E-state index in [0.717, 1.165) is 0 Å². The van der Waals surface area contributed by atoms with Gasteiger partial charge in [0.1, 0.15) is 12.4 Å². The van der Waals surface area contributed by atoms with E-state index in [0.29, 0.717) is 15.9 Å². The topological polar surface area (TPSA) is 114 Å². The number of halogens is 1. The summed E-state index contributed by atoms with van der Waals surface area (Å²) >= 11 is 5.95. The zero-order valence-corrected chi connectivity index (χ0v) is 16.1. The molecule has 0 aliphatic heterocycles. The first kappa shape index (κ1) is 19.4. The molecule has 150 valence electrons. The number of amides is 1. The number of aromatic amines is 1. The highest BCUT2D eigenvalue weighted by Gasteiger charge is 2.17. The zero-order chi connectivity index (χ0) is 21.1. The normalized spacial score (nSPS) is 10.7. The Morgan fingerprint density at radius 3 is 2.77 bits per heavy atom. The van der Waals surface area contributed by atoms with Crippen LogP contribution in [-0.2, 0) is 11.3 Å². The molecule has 0 atom stereocenters. The van der Waals surface area contributed by atoms with E-state index in [1.807, 2.05) is 0 Å². The number of H-pyrrole nitrogens is 1. The largest absolute Gasteiger partial charge is 0.459 e. The predicted molar refractivity (Wildman–Crippen MR) is 110 cm³/mol. The molecule has 0 bridgehead atoms. The van der Waals surface area contributed by atoms with E-state index in [1.54, 1.807) is 42.5 Å². The summed E-state index contributed by atoms with van der Waals surface area (Å²) in [5.41, 5.74) is 0.427. The predicted octanol–water partition coefficient (Wildman–Crippen LogP) is 3.78. The van der Waals surface area contributed by atoms with Crippen LogP contribution in [0, 0.1) is 0 Å². The SMILES string of the molecule is O=C(Nc1ccccc1C(=O)OCc1nc2cc(Cl)ccc2c(=O)[nH]1)c1ccco1. The van der Waals surface area contributed by atoms with Crippen LogP contribution in [-0.4, -0.2) is 21.8 Å². The van der Waals surface area contributed by atoms with E-state index >= 15 is 0 Å². The second kappa shape index (κ2) is 8.22. The van der Waals surface area contributed by atoms with Crippen molar-refractivity contribution in [2.75, 3.05) is 5.32 Å². The molecule has 2 N–H and O–H groups in total. The number of hydrogen-bond acceptors (Lipinski definition) is 6. The molecular formula is C21H14ClN3O5. The Bertz CT molecular complexity index is 1300. The van der Waals surface area contributed by atoms with Crippen molar-refractivity contribution in [2.45, 2.75) is 6.61 Å². The van der Waals surface area contributed by atoms with Crippen LogP contribution in [0.1, 0.15) is 26.7 Å². The number of esters is 1. The summed E-state index contributed by atoms with van der Waals surface area (Å²) in [4.78, 5) is 43.8. The highest BCUT2D eigenvalue weighted by molar-refractivity contribution is 6.31. The average molecular weight is 424 g/mol. The standard InChI is InChI=1S/C21H14ClN3O5/c22-12-7-8-13-16(10-12)23-18(25-19(13)26)11-30-21(28)14-4-1-2-5-15(14)24-20(27)17-6-3-9-29-17/h1-10H,11H2,(H,24,27)(H,23,25,26). The zero-order valence-electron chi connectivity index (χ0n) is 15.3. The molecule has 2 aromatic heterocycles. The van der Waals surface area contributed by atoms with Crippen LogP contribution >= 0.6 is 11.6 Å². The Hall–Kier alpha value is -3.91. The van der Waals surface area contributed by atoms with Gasteiger partial charge in [0, 0.05) is 5.02 Å². The smallest absolute Gasteiger partial charge is 0.340 e. The molecule has 0 aliphatic carbocycles. The summed E-state index contributed by atoms with van der Waals surface area (Å²) in [6.07, 6.45) is 1.37. The molecule has 0 saturated carbocycles. The number of ether oxygens (including phenoxy) is 1. The molecule has 30 heavy (non-hydrogen) atoms. The number of aromatic nitrogens is 2. The van der Waals surface area contributed by atoms with Gasteiger partial charge in [0.2, 0.25) is 0 Å². The third-order valence-corrected chi connectivity index (χ3v) is 4.43. The Morgan fingerprint density at radius 1 is 1.13 bits per heavy atom. The van der Waals surface area contributed by atoms with Crippen LogP contribution < -0.4 is 10.9 Å². The Morgan fingerprint density at radius 2 is 1.97 bits per heavy atom. The van der Waals surface area contributed by atoms with Gasteiger partial charge in [-0.15, -0.1) is 0 Å². The molecule has 0 radical (unpaired) electrons. The molecule has 8 nitrogen and oxygen atoms in total. The first-order valence-corrected chi connectivity index (χ1v) is 9.18. The summed E-state index contributed by atoms with van der Waals surface area (Å²) in [7, 11) is 0. The number of benzene rings is 2. The van der Waals surface area contributed by atoms with Crippen LogP contribution in [0.3, 0.4) is 0 Å². The fourth-order valence-corrected chi connectivity index (χ4v) is 2.97. The van der Waals surface area contributed by atoms with Crippen LogP contribution in [0.2, 0.25) is 5.02 Å². The quantitative estimate of drug-likeness (QED) is 0.472. The Balaban J connectivity index is 1.52. The molecule has 1 amide bonds. The molecular weight excluding hydrogens is 410 g/mol. The molecule has 0 saturated heterocycles. The molecule has 0 spiro atoms. The van der Waals surface area contributed by atoms with Crippen LogP contribution in [0.4, 0.5) is 5.69 Å². The highest BCUT2D eigenvalue weighted by Crippen LogP contribution is 2.19. The number of carbonyl (C=O) groups excluding carboxylic acids is 2. The molecule has 0 unspecified atom stereocenters. The number of fused-ring (bicyclic) bond motifs is 1. The van der Waals surface area contributed by atoms with Crippen molar-refractivity contribution in [3.63, 3.8) is 0 Å². The number of hydrogen-bond donors (Lipinski definition) is 2. The molecule has 0 fully saturated rings. The van der Waals surface area contributed by atoms with Gasteiger partial charge in [0.15, 0.2) is 5.76 Å². The third-order valence-electron chi connectivity index (χ3n) is 4.20. The van der Waals surface area contributed by atoms with Crippen molar-refractivity contribution < 1.29 is 18.7 Å². The maximum Gasteiger partial charge on any atom is 0.340 e. The number of para-hydroxylation sites is 1. The van der Waals surface area contributed by atoms with E-state index in [-0.39, 0.29) is 35.0 Å². The number of carbonyl (C=O) groups is 2. The summed E-state index contributed by atoms with van der Waals surface area (Å²) < 4.78 is 10.3. The molecule has 0 aliphatic rings. The lowest BCUT2D eigenvalue weighted by atomic mass is 10.1. The van der Waals surface area contributed by atoms with Crippen molar-refractivity contribution in [1.29, 1.82) is 0 Å². The number of nitrogens with one attached hydrogen (secondary N) is 2. The summed E-state index contributed by atoms with van der Waals surface area (Å²) in [5.74, 6) is -0.924. The van der Waals surface area contributed by atoms with Gasteiger partial charge in [-0.05, 0) is 42.5 Å². The molecule has 2 heterocycles. The Kier molecular flexibility index (Phi) is 5.32. The van der Waals surface area contributed by atoms with Gasteiger partial charge < -0.3 is 19.5 Å². The lowest BCUT2D eigenvalue weighted by Gasteiger charge is -2.10. The summed E-state index contributed by atoms with van der Waals surface area (Å²) in [5, 5.41) is 3.42. The number of anilines is 1. The molecule has 9 heteroatoms. The van der Waals surface area contributed by atoms with Crippen molar-refractivity contribution in [2.24, 2.45) is 0 Å². The molecule has 2 aromatic carbocycles. The van der Waals surface area contributed by atoms with Crippen molar-refractivity contribution in [1.82, 2.24) is 9.97 Å². The highest BCUT2D eigenvalue weighted by atomic mass is 35.5. The van der Waals surface area contributed by atoms with Gasteiger partial charge >= 0.3 is 5.97 Å². The number of furan rings is 1. The molecule has 4 aromatic rings. The Labute approximate surface area is 174 Å². The van der Waals surface area contributed by atoms with Gasteiger partial charge in [0.25, 0.3) is 11.5 Å². The monoisotopic (exact) mass is 423 g/mol. The second-order valence-corrected chi connectivity index (χ2v) is 6.66. The molecule has 4 rings (SSSR count). The van der Waals surface area contributed by atoms with E-state index in [2.05, 4.69) is 15.3 Å². The van der Waals surface area contributed by atoms with Gasteiger partial charge in [0.05, 0.1) is 28.4 Å². The summed E-state index contributed by atoms with van der Waals surface area (Å²) in [6, 6.07) is 14.2. The van der Waals surface area contributed by atoms with Gasteiger partial charge in [-0.2, -0.15) is 0 Å².